The molecule has 0 unspecified atom stereocenters. The molecule has 80 valence electrons. The Hall–Kier alpha value is -1.54. The van der Waals surface area contributed by atoms with Gasteiger partial charge in [-0.15, -0.1) is 0 Å². The van der Waals surface area contributed by atoms with Crippen LogP contribution in [0.2, 0.25) is 0 Å². The minimum atomic E-state index is -2.97. The van der Waals surface area contributed by atoms with Gasteiger partial charge in [-0.05, 0) is 24.1 Å². The first-order chi connectivity index (χ1) is 6.92. The van der Waals surface area contributed by atoms with Crippen LogP contribution in [0.25, 0.3) is 0 Å². The lowest BCUT2D eigenvalue weighted by atomic mass is 10.1. The van der Waals surface area contributed by atoms with Crippen LogP contribution in [0, 0.1) is 11.3 Å². The second-order valence-corrected chi connectivity index (χ2v) is 5.67. The number of benzene rings is 1. The van der Waals surface area contributed by atoms with E-state index in [-0.39, 0.29) is 5.75 Å². The number of hydrogen-bond acceptors (Lipinski definition) is 4. The minimum Gasteiger partial charge on any atom is -0.398 e. The van der Waals surface area contributed by atoms with Crippen LogP contribution in [0.4, 0.5) is 5.69 Å². The summed E-state index contributed by atoms with van der Waals surface area (Å²) in [6.07, 6.45) is 1.60. The molecule has 0 spiro atoms. The SMILES string of the molecule is CS(=O)(=O)CCc1ccc(N)c(C#N)c1. The van der Waals surface area contributed by atoms with Crippen LogP contribution >= 0.6 is 0 Å². The van der Waals surface area contributed by atoms with Gasteiger partial charge in [0.1, 0.15) is 15.9 Å². The number of hydrogen-bond donors (Lipinski definition) is 1. The molecule has 0 aromatic heterocycles. The average Bonchev–Trinajstić information content (AvgIpc) is 2.15. The number of aryl methyl sites for hydroxylation is 1. The van der Waals surface area contributed by atoms with Gasteiger partial charge in [0.15, 0.2) is 0 Å². The van der Waals surface area contributed by atoms with Crippen LogP contribution in [0.3, 0.4) is 0 Å². The van der Waals surface area contributed by atoms with Crippen molar-refractivity contribution in [1.82, 2.24) is 0 Å². The summed E-state index contributed by atoms with van der Waals surface area (Å²) in [6.45, 7) is 0. The maximum Gasteiger partial charge on any atom is 0.147 e. The summed E-state index contributed by atoms with van der Waals surface area (Å²) in [5, 5.41) is 8.72. The van der Waals surface area contributed by atoms with Crippen molar-refractivity contribution in [3.63, 3.8) is 0 Å². The second kappa shape index (κ2) is 4.32. The van der Waals surface area contributed by atoms with E-state index in [2.05, 4.69) is 0 Å². The fourth-order valence-corrected chi connectivity index (χ4v) is 1.77. The molecule has 2 N–H and O–H groups in total. The molecule has 0 radical (unpaired) electrons. The van der Waals surface area contributed by atoms with Gasteiger partial charge in [-0.1, -0.05) is 6.07 Å². The summed E-state index contributed by atoms with van der Waals surface area (Å²) in [4.78, 5) is 0. The highest BCUT2D eigenvalue weighted by Gasteiger charge is 2.05. The van der Waals surface area contributed by atoms with Crippen LogP contribution in [0.1, 0.15) is 11.1 Å². The molecule has 1 aromatic carbocycles. The molecule has 0 aliphatic rings. The van der Waals surface area contributed by atoms with Crippen molar-refractivity contribution in [2.45, 2.75) is 6.42 Å². The average molecular weight is 224 g/mol. The molecule has 1 aromatic rings. The number of sulfone groups is 1. The quantitative estimate of drug-likeness (QED) is 0.767. The van der Waals surface area contributed by atoms with Crippen molar-refractivity contribution in [2.24, 2.45) is 0 Å². The van der Waals surface area contributed by atoms with Gasteiger partial charge >= 0.3 is 0 Å². The fraction of sp³-hybridized carbons (Fsp3) is 0.300. The molecular weight excluding hydrogens is 212 g/mol. The summed E-state index contributed by atoms with van der Waals surface area (Å²) >= 11 is 0. The van der Waals surface area contributed by atoms with Crippen LogP contribution in [-0.2, 0) is 16.3 Å². The van der Waals surface area contributed by atoms with Crippen molar-refractivity contribution in [1.29, 1.82) is 5.26 Å². The van der Waals surface area contributed by atoms with E-state index < -0.39 is 9.84 Å². The highest BCUT2D eigenvalue weighted by Crippen LogP contribution is 2.13. The predicted octanol–water partition coefficient (Wildman–Crippen LogP) is 0.728. The number of nitriles is 1. The first-order valence-electron chi connectivity index (χ1n) is 4.38. The van der Waals surface area contributed by atoms with Crippen molar-refractivity contribution in [2.75, 3.05) is 17.7 Å². The van der Waals surface area contributed by atoms with Gasteiger partial charge in [0.05, 0.1) is 11.3 Å². The molecule has 0 bridgehead atoms. The van der Waals surface area contributed by atoms with Crippen molar-refractivity contribution >= 4 is 15.5 Å². The summed E-state index contributed by atoms with van der Waals surface area (Å²) in [5.74, 6) is 0.0851. The summed E-state index contributed by atoms with van der Waals surface area (Å²) < 4.78 is 21.9. The monoisotopic (exact) mass is 224 g/mol. The van der Waals surface area contributed by atoms with Gasteiger partial charge in [0, 0.05) is 11.9 Å². The molecule has 0 fully saturated rings. The normalized spacial score (nSPS) is 10.9. The molecule has 0 saturated carbocycles. The smallest absolute Gasteiger partial charge is 0.147 e. The molecule has 4 nitrogen and oxygen atoms in total. The lowest BCUT2D eigenvalue weighted by Crippen LogP contribution is -2.06. The maximum absolute atomic E-state index is 10.9. The number of anilines is 1. The van der Waals surface area contributed by atoms with Gasteiger partial charge in [-0.2, -0.15) is 5.26 Å². The number of rotatable bonds is 3. The Morgan fingerprint density at radius 1 is 1.47 bits per heavy atom. The molecule has 0 aliphatic carbocycles. The third kappa shape index (κ3) is 3.60. The lowest BCUT2D eigenvalue weighted by molar-refractivity contribution is 0.601. The number of nitrogens with two attached hydrogens (primary N) is 1. The van der Waals surface area contributed by atoms with Crippen LogP contribution < -0.4 is 5.73 Å². The predicted molar refractivity (Wildman–Crippen MR) is 59.0 cm³/mol. The Bertz CT molecular complexity index is 501. The van der Waals surface area contributed by atoms with Crippen LogP contribution in [0.5, 0.6) is 0 Å². The Morgan fingerprint density at radius 2 is 2.13 bits per heavy atom. The van der Waals surface area contributed by atoms with E-state index in [1.165, 1.54) is 6.26 Å². The van der Waals surface area contributed by atoms with E-state index in [0.717, 1.165) is 5.56 Å². The van der Waals surface area contributed by atoms with E-state index >= 15 is 0 Å². The topological polar surface area (TPSA) is 83.9 Å². The minimum absolute atomic E-state index is 0.0851. The van der Waals surface area contributed by atoms with Crippen molar-refractivity contribution in [3.8, 4) is 6.07 Å². The summed E-state index contributed by atoms with van der Waals surface area (Å²) in [7, 11) is -2.97. The molecular formula is C10H12N2O2S. The molecule has 5 heteroatoms. The van der Waals surface area contributed by atoms with Crippen molar-refractivity contribution in [3.05, 3.63) is 29.3 Å². The van der Waals surface area contributed by atoms with Gasteiger partial charge in [0.2, 0.25) is 0 Å². The third-order valence-corrected chi connectivity index (χ3v) is 2.95. The maximum atomic E-state index is 10.9. The largest absolute Gasteiger partial charge is 0.398 e. The molecule has 0 amide bonds. The highest BCUT2D eigenvalue weighted by molar-refractivity contribution is 7.90. The molecule has 1 rings (SSSR count). The standard InChI is InChI=1S/C10H12N2O2S/c1-15(13,14)5-4-8-2-3-10(12)9(6-8)7-11/h2-3,6H,4-5,12H2,1H3. The Kier molecular flexibility index (Phi) is 3.32. The molecule has 15 heavy (non-hydrogen) atoms. The van der Waals surface area contributed by atoms with Gasteiger partial charge in [-0.25, -0.2) is 8.42 Å². The van der Waals surface area contributed by atoms with Gasteiger partial charge in [-0.3, -0.25) is 0 Å². The number of nitrogen functional groups attached to an aromatic ring is 1. The van der Waals surface area contributed by atoms with E-state index in [1.807, 2.05) is 6.07 Å². The second-order valence-electron chi connectivity index (χ2n) is 3.41. The Morgan fingerprint density at radius 3 is 2.67 bits per heavy atom. The highest BCUT2D eigenvalue weighted by atomic mass is 32.2. The third-order valence-electron chi connectivity index (χ3n) is 2.00. The first-order valence-corrected chi connectivity index (χ1v) is 6.44. The van der Waals surface area contributed by atoms with Gasteiger partial charge < -0.3 is 5.73 Å². The van der Waals surface area contributed by atoms with E-state index in [0.29, 0.717) is 17.7 Å². The molecule has 0 saturated heterocycles. The first kappa shape index (κ1) is 11.5. The summed E-state index contributed by atoms with van der Waals surface area (Å²) in [5.41, 5.74) is 7.16. The molecule has 0 aliphatic heterocycles. The Labute approximate surface area is 89.2 Å². The van der Waals surface area contributed by atoms with Crippen LogP contribution in [-0.4, -0.2) is 20.4 Å². The van der Waals surface area contributed by atoms with Crippen LogP contribution in [0.15, 0.2) is 18.2 Å². The number of nitrogens with zero attached hydrogens (tertiary/aromatic N) is 1. The molecule has 0 atom stereocenters. The summed E-state index contributed by atoms with van der Waals surface area (Å²) in [6, 6.07) is 6.94. The zero-order valence-corrected chi connectivity index (χ0v) is 9.21. The van der Waals surface area contributed by atoms with Crippen molar-refractivity contribution < 1.29 is 8.42 Å². The van der Waals surface area contributed by atoms with E-state index in [4.69, 9.17) is 11.0 Å². The fourth-order valence-electron chi connectivity index (χ4n) is 1.16. The van der Waals surface area contributed by atoms with Gasteiger partial charge in [0.25, 0.3) is 0 Å². The zero-order valence-electron chi connectivity index (χ0n) is 8.40. The Balaban J connectivity index is 2.85. The zero-order chi connectivity index (χ0) is 11.5. The van der Waals surface area contributed by atoms with E-state index in [9.17, 15) is 8.42 Å². The van der Waals surface area contributed by atoms with E-state index in [1.54, 1.807) is 18.2 Å². The lowest BCUT2D eigenvalue weighted by Gasteiger charge is -2.02. The molecule has 0 heterocycles.